The lowest BCUT2D eigenvalue weighted by Crippen LogP contribution is -2.43. The molecule has 2 aromatic carbocycles. The quantitative estimate of drug-likeness (QED) is 0.695. The zero-order chi connectivity index (χ0) is 18.5. The van der Waals surface area contributed by atoms with E-state index in [2.05, 4.69) is 0 Å². The molecule has 3 rings (SSSR count). The van der Waals surface area contributed by atoms with E-state index in [1.807, 2.05) is 35.2 Å². The molecule has 0 radical (unpaired) electrons. The molecule has 0 bridgehead atoms. The summed E-state index contributed by atoms with van der Waals surface area (Å²) in [4.78, 5) is 27.8. The molecule has 0 fully saturated rings. The van der Waals surface area contributed by atoms with Crippen molar-refractivity contribution in [1.82, 2.24) is 9.80 Å². The van der Waals surface area contributed by atoms with Crippen molar-refractivity contribution in [2.45, 2.75) is 12.6 Å². The molecule has 1 unspecified atom stereocenters. The maximum Gasteiger partial charge on any atom is 0.261 e. The van der Waals surface area contributed by atoms with E-state index in [9.17, 15) is 19.8 Å². The molecule has 0 spiro atoms. The number of aliphatic hydroxyl groups is 2. The van der Waals surface area contributed by atoms with E-state index in [1.165, 1.54) is 0 Å². The van der Waals surface area contributed by atoms with Gasteiger partial charge < -0.3 is 10.2 Å². The summed E-state index contributed by atoms with van der Waals surface area (Å²) < 4.78 is 0. The summed E-state index contributed by atoms with van der Waals surface area (Å²) in [5.41, 5.74) is 1.82. The fraction of sp³-hybridized carbons (Fsp3) is 0.300. The molecule has 2 N–H and O–H groups in total. The molecular formula is C20H22N2O4. The van der Waals surface area contributed by atoms with Gasteiger partial charge in [0.25, 0.3) is 11.8 Å². The summed E-state index contributed by atoms with van der Waals surface area (Å²) in [6.45, 7) is 1.12. The first-order valence-corrected chi connectivity index (χ1v) is 8.60. The number of carbonyl (C=O) groups excluding carboxylic acids is 2. The maximum atomic E-state index is 12.4. The first kappa shape index (κ1) is 18.3. The molecule has 0 saturated carbocycles. The lowest BCUT2D eigenvalue weighted by atomic mass is 10.1. The van der Waals surface area contributed by atoms with Gasteiger partial charge in [-0.2, -0.15) is 0 Å². The molecule has 26 heavy (non-hydrogen) atoms. The number of carbonyl (C=O) groups is 2. The van der Waals surface area contributed by atoms with Gasteiger partial charge in [0.2, 0.25) is 0 Å². The number of nitrogens with zero attached hydrogens (tertiary/aromatic N) is 2. The highest BCUT2D eigenvalue weighted by atomic mass is 16.3. The number of β-amino-alcohol motifs (C(OH)–C–C–N with tert-alkyl or cyclic N) is 1. The van der Waals surface area contributed by atoms with Gasteiger partial charge in [0.05, 0.1) is 30.4 Å². The van der Waals surface area contributed by atoms with Crippen LogP contribution in [-0.4, -0.2) is 64.2 Å². The fourth-order valence-electron chi connectivity index (χ4n) is 3.19. The molecule has 6 nitrogen and oxygen atoms in total. The average molecular weight is 354 g/mol. The molecular weight excluding hydrogens is 332 g/mol. The largest absolute Gasteiger partial charge is 0.395 e. The van der Waals surface area contributed by atoms with E-state index in [4.69, 9.17) is 0 Å². The van der Waals surface area contributed by atoms with Crippen molar-refractivity contribution >= 4 is 11.8 Å². The van der Waals surface area contributed by atoms with E-state index in [0.29, 0.717) is 24.2 Å². The second kappa shape index (κ2) is 8.23. The van der Waals surface area contributed by atoms with Gasteiger partial charge in [0.15, 0.2) is 0 Å². The van der Waals surface area contributed by atoms with Crippen LogP contribution < -0.4 is 0 Å². The standard InChI is InChI=1S/C20H22N2O4/c23-11-10-21(12-15-6-2-1-3-7-15)13-16(24)14-22-19(25)17-8-4-5-9-18(17)20(22)26/h1-9,16,23-24H,10-14H2. The Bertz CT molecular complexity index is 743. The van der Waals surface area contributed by atoms with Gasteiger partial charge in [0, 0.05) is 19.6 Å². The van der Waals surface area contributed by atoms with Crippen LogP contribution in [0.1, 0.15) is 26.3 Å². The lowest BCUT2D eigenvalue weighted by molar-refractivity contribution is 0.0447. The monoisotopic (exact) mass is 354 g/mol. The van der Waals surface area contributed by atoms with Crippen LogP contribution in [0.15, 0.2) is 54.6 Å². The summed E-state index contributed by atoms with van der Waals surface area (Å²) in [5, 5.41) is 19.7. The van der Waals surface area contributed by atoms with E-state index >= 15 is 0 Å². The second-order valence-electron chi connectivity index (χ2n) is 6.36. The van der Waals surface area contributed by atoms with Crippen LogP contribution in [-0.2, 0) is 6.54 Å². The number of rotatable bonds is 8. The van der Waals surface area contributed by atoms with Crippen LogP contribution in [0.2, 0.25) is 0 Å². The van der Waals surface area contributed by atoms with Crippen molar-refractivity contribution in [3.05, 3.63) is 71.3 Å². The Morgan fingerprint density at radius 2 is 1.50 bits per heavy atom. The van der Waals surface area contributed by atoms with Crippen molar-refractivity contribution in [2.24, 2.45) is 0 Å². The summed E-state index contributed by atoms with van der Waals surface area (Å²) in [7, 11) is 0. The number of amides is 2. The first-order chi connectivity index (χ1) is 12.6. The average Bonchev–Trinajstić information content (AvgIpc) is 2.88. The molecule has 2 aromatic rings. The third kappa shape index (κ3) is 3.99. The zero-order valence-corrected chi connectivity index (χ0v) is 14.4. The van der Waals surface area contributed by atoms with Gasteiger partial charge in [-0.05, 0) is 17.7 Å². The molecule has 0 aromatic heterocycles. The zero-order valence-electron chi connectivity index (χ0n) is 14.4. The SMILES string of the molecule is O=C1c2ccccc2C(=O)N1CC(O)CN(CCO)Cc1ccccc1. The molecule has 2 amide bonds. The third-order valence-electron chi connectivity index (χ3n) is 4.41. The number of hydrogen-bond donors (Lipinski definition) is 2. The van der Waals surface area contributed by atoms with E-state index in [-0.39, 0.29) is 31.5 Å². The molecule has 1 heterocycles. The van der Waals surface area contributed by atoms with Crippen LogP contribution in [0.4, 0.5) is 0 Å². The molecule has 6 heteroatoms. The molecule has 0 aliphatic carbocycles. The number of fused-ring (bicyclic) bond motifs is 1. The summed E-state index contributed by atoms with van der Waals surface area (Å²) in [6.07, 6.45) is -0.896. The number of hydrogen-bond acceptors (Lipinski definition) is 5. The van der Waals surface area contributed by atoms with Gasteiger partial charge in [-0.1, -0.05) is 42.5 Å². The predicted molar refractivity (Wildman–Crippen MR) is 96.6 cm³/mol. The van der Waals surface area contributed by atoms with Crippen LogP contribution in [0.3, 0.4) is 0 Å². The molecule has 1 aliphatic rings. The Kier molecular flexibility index (Phi) is 5.78. The summed E-state index contributed by atoms with van der Waals surface area (Å²) >= 11 is 0. The fourth-order valence-corrected chi connectivity index (χ4v) is 3.19. The number of aliphatic hydroxyl groups excluding tert-OH is 2. The van der Waals surface area contributed by atoms with Gasteiger partial charge in [-0.15, -0.1) is 0 Å². The minimum atomic E-state index is -0.896. The van der Waals surface area contributed by atoms with Crippen LogP contribution in [0.5, 0.6) is 0 Å². The van der Waals surface area contributed by atoms with Crippen molar-refractivity contribution < 1.29 is 19.8 Å². The number of imide groups is 1. The lowest BCUT2D eigenvalue weighted by Gasteiger charge is -2.26. The Morgan fingerprint density at radius 1 is 0.923 bits per heavy atom. The van der Waals surface area contributed by atoms with Gasteiger partial charge in [-0.25, -0.2) is 0 Å². The van der Waals surface area contributed by atoms with Gasteiger partial charge in [-0.3, -0.25) is 19.4 Å². The topological polar surface area (TPSA) is 81.1 Å². The van der Waals surface area contributed by atoms with Crippen molar-refractivity contribution in [3.8, 4) is 0 Å². The summed E-state index contributed by atoms with van der Waals surface area (Å²) in [6, 6.07) is 16.4. The first-order valence-electron chi connectivity index (χ1n) is 8.60. The Hall–Kier alpha value is -2.54. The van der Waals surface area contributed by atoms with Crippen molar-refractivity contribution in [3.63, 3.8) is 0 Å². The molecule has 1 atom stereocenters. The second-order valence-corrected chi connectivity index (χ2v) is 6.36. The Labute approximate surface area is 152 Å². The molecule has 0 saturated heterocycles. The van der Waals surface area contributed by atoms with Crippen LogP contribution in [0, 0.1) is 0 Å². The summed E-state index contributed by atoms with van der Waals surface area (Å²) in [5.74, 6) is -0.747. The van der Waals surface area contributed by atoms with Crippen molar-refractivity contribution in [1.29, 1.82) is 0 Å². The normalized spacial score (nSPS) is 14.8. The number of benzene rings is 2. The maximum absolute atomic E-state index is 12.4. The highest BCUT2D eigenvalue weighted by Crippen LogP contribution is 2.22. The highest BCUT2D eigenvalue weighted by molar-refractivity contribution is 6.21. The smallest absolute Gasteiger partial charge is 0.261 e. The van der Waals surface area contributed by atoms with E-state index in [1.54, 1.807) is 24.3 Å². The van der Waals surface area contributed by atoms with Crippen LogP contribution >= 0.6 is 0 Å². The minimum Gasteiger partial charge on any atom is -0.395 e. The third-order valence-corrected chi connectivity index (χ3v) is 4.41. The minimum absolute atomic E-state index is 0.0351. The molecule has 1 aliphatic heterocycles. The van der Waals surface area contributed by atoms with Gasteiger partial charge in [0.1, 0.15) is 0 Å². The van der Waals surface area contributed by atoms with Crippen LogP contribution in [0.25, 0.3) is 0 Å². The Balaban J connectivity index is 1.63. The van der Waals surface area contributed by atoms with E-state index < -0.39 is 6.10 Å². The van der Waals surface area contributed by atoms with Gasteiger partial charge >= 0.3 is 0 Å². The Morgan fingerprint density at radius 3 is 2.08 bits per heavy atom. The predicted octanol–water partition coefficient (Wildman–Crippen LogP) is 1.14. The van der Waals surface area contributed by atoms with Crippen molar-refractivity contribution in [2.75, 3.05) is 26.2 Å². The molecule has 136 valence electrons. The highest BCUT2D eigenvalue weighted by Gasteiger charge is 2.36. The van der Waals surface area contributed by atoms with E-state index in [0.717, 1.165) is 10.5 Å².